The number of hydrogen-bond acceptors (Lipinski definition) is 7. The molecule has 1 amide bonds. The second-order valence-corrected chi connectivity index (χ2v) is 7.22. The highest BCUT2D eigenvalue weighted by molar-refractivity contribution is 9.10. The number of hydrogen-bond donors (Lipinski definition) is 1. The second kappa shape index (κ2) is 10.3. The molecule has 1 N–H and O–H groups in total. The van der Waals surface area contributed by atoms with Crippen molar-refractivity contribution in [2.75, 3.05) is 7.11 Å². The SMILES string of the molecule is COc1ccc(C(=O)Oc2ccc(Br)cc2C=NNC(=O)c2ccc([N+](=O)[O-])cc2)cc1. The van der Waals surface area contributed by atoms with Crippen LogP contribution in [0.25, 0.3) is 0 Å². The summed E-state index contributed by atoms with van der Waals surface area (Å²) in [7, 11) is 1.53. The van der Waals surface area contributed by atoms with Gasteiger partial charge < -0.3 is 9.47 Å². The van der Waals surface area contributed by atoms with Gasteiger partial charge in [-0.05, 0) is 54.6 Å². The van der Waals surface area contributed by atoms with Crippen molar-refractivity contribution >= 4 is 39.7 Å². The molecule has 0 bridgehead atoms. The summed E-state index contributed by atoms with van der Waals surface area (Å²) in [6.45, 7) is 0. The molecule has 32 heavy (non-hydrogen) atoms. The number of methoxy groups -OCH3 is 1. The van der Waals surface area contributed by atoms with E-state index >= 15 is 0 Å². The van der Waals surface area contributed by atoms with Gasteiger partial charge in [0.25, 0.3) is 11.6 Å². The molecular formula is C22H16BrN3O6. The van der Waals surface area contributed by atoms with E-state index in [0.29, 0.717) is 21.3 Å². The van der Waals surface area contributed by atoms with Crippen LogP contribution in [0.1, 0.15) is 26.3 Å². The molecule has 0 fully saturated rings. The zero-order valence-electron chi connectivity index (χ0n) is 16.7. The third kappa shape index (κ3) is 5.76. The van der Waals surface area contributed by atoms with Gasteiger partial charge >= 0.3 is 5.97 Å². The largest absolute Gasteiger partial charge is 0.497 e. The number of hydrazone groups is 1. The van der Waals surface area contributed by atoms with E-state index in [4.69, 9.17) is 9.47 Å². The zero-order valence-corrected chi connectivity index (χ0v) is 18.2. The van der Waals surface area contributed by atoms with Gasteiger partial charge in [0.15, 0.2) is 0 Å². The molecule has 0 aliphatic heterocycles. The Bertz CT molecular complexity index is 1180. The minimum absolute atomic E-state index is 0.123. The maximum atomic E-state index is 12.5. The summed E-state index contributed by atoms with van der Waals surface area (Å²) < 4.78 is 11.3. The Balaban J connectivity index is 1.71. The monoisotopic (exact) mass is 497 g/mol. The van der Waals surface area contributed by atoms with Gasteiger partial charge in [-0.15, -0.1) is 0 Å². The highest BCUT2D eigenvalue weighted by atomic mass is 79.9. The quantitative estimate of drug-likeness (QED) is 0.170. The van der Waals surface area contributed by atoms with Crippen molar-refractivity contribution in [2.24, 2.45) is 5.10 Å². The molecule has 0 atom stereocenters. The predicted molar refractivity (Wildman–Crippen MR) is 120 cm³/mol. The summed E-state index contributed by atoms with van der Waals surface area (Å²) in [5, 5.41) is 14.6. The van der Waals surface area contributed by atoms with Crippen molar-refractivity contribution in [3.8, 4) is 11.5 Å². The lowest BCUT2D eigenvalue weighted by atomic mass is 10.2. The number of ether oxygens (including phenoxy) is 2. The molecule has 3 rings (SSSR count). The van der Waals surface area contributed by atoms with Gasteiger partial charge in [0.2, 0.25) is 0 Å². The number of nitro groups is 1. The number of benzene rings is 3. The van der Waals surface area contributed by atoms with Crippen LogP contribution in [0.2, 0.25) is 0 Å². The summed E-state index contributed by atoms with van der Waals surface area (Å²) >= 11 is 3.34. The Kier molecular flexibility index (Phi) is 7.29. The topological polar surface area (TPSA) is 120 Å². The number of esters is 1. The number of carbonyl (C=O) groups excluding carboxylic acids is 2. The standard InChI is InChI=1S/C22H16BrN3O6/c1-31-19-9-4-15(5-10-19)22(28)32-20-11-6-17(23)12-16(20)13-24-25-21(27)14-2-7-18(8-3-14)26(29)30/h2-13H,1H3,(H,25,27). The number of non-ortho nitro benzene ring substituents is 1. The average molecular weight is 498 g/mol. The van der Waals surface area contributed by atoms with E-state index in [1.165, 1.54) is 37.6 Å². The first-order valence-corrected chi connectivity index (χ1v) is 9.90. The number of nitrogens with zero attached hydrogens (tertiary/aromatic N) is 2. The predicted octanol–water partition coefficient (Wildman–Crippen LogP) is 4.35. The first-order valence-electron chi connectivity index (χ1n) is 9.11. The highest BCUT2D eigenvalue weighted by Gasteiger charge is 2.12. The minimum atomic E-state index is -0.570. The van der Waals surface area contributed by atoms with E-state index in [1.54, 1.807) is 42.5 Å². The fourth-order valence-corrected chi connectivity index (χ4v) is 2.94. The molecule has 3 aromatic rings. The Labute approximate surface area is 190 Å². The van der Waals surface area contributed by atoms with Crippen molar-refractivity contribution in [3.05, 3.63) is 98.0 Å². The van der Waals surface area contributed by atoms with Crippen LogP contribution < -0.4 is 14.9 Å². The lowest BCUT2D eigenvalue weighted by Crippen LogP contribution is -2.17. The molecule has 0 aliphatic rings. The van der Waals surface area contributed by atoms with Gasteiger partial charge in [0.05, 0.1) is 23.8 Å². The Morgan fingerprint density at radius 2 is 1.69 bits per heavy atom. The third-order valence-electron chi connectivity index (χ3n) is 4.21. The van der Waals surface area contributed by atoms with Crippen LogP contribution >= 0.6 is 15.9 Å². The number of amides is 1. The fourth-order valence-electron chi connectivity index (χ4n) is 2.56. The van der Waals surface area contributed by atoms with Crippen LogP contribution in [-0.4, -0.2) is 30.1 Å². The first-order chi connectivity index (χ1) is 15.4. The van der Waals surface area contributed by atoms with Crippen molar-refractivity contribution in [2.45, 2.75) is 0 Å². The van der Waals surface area contributed by atoms with Gasteiger partial charge in [-0.2, -0.15) is 5.10 Å². The summed E-state index contributed by atoms with van der Waals surface area (Å²) in [5.74, 6) is -0.272. The summed E-state index contributed by atoms with van der Waals surface area (Å²) in [6.07, 6.45) is 1.32. The molecular weight excluding hydrogens is 482 g/mol. The molecule has 0 spiro atoms. The Hall–Kier alpha value is -4.05. The summed E-state index contributed by atoms with van der Waals surface area (Å²) in [6, 6.07) is 16.5. The van der Waals surface area contributed by atoms with Crippen molar-refractivity contribution < 1.29 is 24.0 Å². The highest BCUT2D eigenvalue weighted by Crippen LogP contribution is 2.23. The Morgan fingerprint density at radius 1 is 1.03 bits per heavy atom. The molecule has 0 radical (unpaired) electrons. The number of rotatable bonds is 7. The van der Waals surface area contributed by atoms with Crippen LogP contribution in [0.15, 0.2) is 76.3 Å². The molecule has 0 saturated carbocycles. The van der Waals surface area contributed by atoms with Crippen LogP contribution in [0.4, 0.5) is 5.69 Å². The van der Waals surface area contributed by atoms with E-state index in [2.05, 4.69) is 26.5 Å². The molecule has 10 heteroatoms. The fraction of sp³-hybridized carbons (Fsp3) is 0.0455. The number of halogens is 1. The molecule has 0 unspecified atom stereocenters. The van der Waals surface area contributed by atoms with Gasteiger partial charge in [-0.3, -0.25) is 14.9 Å². The lowest BCUT2D eigenvalue weighted by molar-refractivity contribution is -0.384. The number of carbonyl (C=O) groups is 2. The van der Waals surface area contributed by atoms with Gasteiger partial charge in [-0.1, -0.05) is 15.9 Å². The number of nitrogens with one attached hydrogen (secondary N) is 1. The summed E-state index contributed by atoms with van der Waals surface area (Å²) in [4.78, 5) is 34.8. The zero-order chi connectivity index (χ0) is 23.1. The van der Waals surface area contributed by atoms with Crippen molar-refractivity contribution in [3.63, 3.8) is 0 Å². The lowest BCUT2D eigenvalue weighted by Gasteiger charge is -2.08. The smallest absolute Gasteiger partial charge is 0.343 e. The Morgan fingerprint density at radius 3 is 2.31 bits per heavy atom. The number of nitro benzene ring substituents is 1. The van der Waals surface area contributed by atoms with Gasteiger partial charge in [0, 0.05) is 27.7 Å². The maximum absolute atomic E-state index is 12.5. The molecule has 162 valence electrons. The van der Waals surface area contributed by atoms with Crippen LogP contribution in [0.3, 0.4) is 0 Å². The van der Waals surface area contributed by atoms with Crippen LogP contribution in [-0.2, 0) is 0 Å². The second-order valence-electron chi connectivity index (χ2n) is 6.30. The van der Waals surface area contributed by atoms with E-state index in [1.807, 2.05) is 0 Å². The third-order valence-corrected chi connectivity index (χ3v) is 4.70. The van der Waals surface area contributed by atoms with E-state index < -0.39 is 16.8 Å². The molecule has 0 saturated heterocycles. The van der Waals surface area contributed by atoms with Gasteiger partial charge in [0.1, 0.15) is 11.5 Å². The summed E-state index contributed by atoms with van der Waals surface area (Å²) in [5.41, 5.74) is 3.18. The molecule has 0 heterocycles. The molecule has 0 aromatic heterocycles. The van der Waals surface area contributed by atoms with Crippen molar-refractivity contribution in [1.82, 2.24) is 5.43 Å². The van der Waals surface area contributed by atoms with Crippen LogP contribution in [0, 0.1) is 10.1 Å². The minimum Gasteiger partial charge on any atom is -0.497 e. The van der Waals surface area contributed by atoms with Crippen LogP contribution in [0.5, 0.6) is 11.5 Å². The van der Waals surface area contributed by atoms with E-state index in [0.717, 1.165) is 0 Å². The molecule has 0 aliphatic carbocycles. The van der Waals surface area contributed by atoms with Crippen molar-refractivity contribution in [1.29, 1.82) is 0 Å². The van der Waals surface area contributed by atoms with Gasteiger partial charge in [-0.25, -0.2) is 10.2 Å². The van der Waals surface area contributed by atoms with E-state index in [-0.39, 0.29) is 17.0 Å². The first kappa shape index (κ1) is 22.6. The average Bonchev–Trinajstić information content (AvgIpc) is 2.80. The maximum Gasteiger partial charge on any atom is 0.343 e. The molecule has 3 aromatic carbocycles. The normalized spacial score (nSPS) is 10.6. The van der Waals surface area contributed by atoms with E-state index in [9.17, 15) is 19.7 Å². The molecule has 9 nitrogen and oxygen atoms in total.